The molecule has 0 saturated carbocycles. The van der Waals surface area contributed by atoms with Crippen LogP contribution in [0.1, 0.15) is 0 Å². The number of rotatable bonds is 6. The monoisotopic (exact) mass is 626 g/mol. The molecule has 2 aromatic heterocycles. The number of furan rings is 1. The summed E-state index contributed by atoms with van der Waals surface area (Å²) in [7, 11) is 0. The van der Waals surface area contributed by atoms with Crippen molar-refractivity contribution in [2.75, 3.05) is 0 Å². The molecule has 0 aliphatic rings. The minimum atomic E-state index is 0.676. The molecule has 0 amide bonds. The third kappa shape index (κ3) is 5.58. The maximum absolute atomic E-state index is 6.26. The van der Waals surface area contributed by atoms with E-state index in [-0.39, 0.29) is 0 Å². The van der Waals surface area contributed by atoms with Gasteiger partial charge in [0.1, 0.15) is 11.2 Å². The van der Waals surface area contributed by atoms with Crippen LogP contribution >= 0.6 is 0 Å². The molecule has 0 fully saturated rings. The summed E-state index contributed by atoms with van der Waals surface area (Å²) in [5.74, 6) is 0.676. The highest BCUT2D eigenvalue weighted by Gasteiger charge is 2.14. The first-order valence-corrected chi connectivity index (χ1v) is 16.5. The SMILES string of the molecule is c1ccc(-c2cccc(-c3ccc(-c4cc(-c5ccc6c(c5)oc5ccccc56)nc(-c5cccc(-c6ccccc6)c5)n4)cc3)c2)cc1. The highest BCUT2D eigenvalue weighted by atomic mass is 16.3. The van der Waals surface area contributed by atoms with E-state index in [4.69, 9.17) is 14.4 Å². The molecule has 7 aromatic carbocycles. The van der Waals surface area contributed by atoms with E-state index in [0.29, 0.717) is 5.82 Å². The van der Waals surface area contributed by atoms with Crippen LogP contribution < -0.4 is 0 Å². The molecule has 0 aliphatic carbocycles. The Morgan fingerprint density at radius 2 is 0.755 bits per heavy atom. The van der Waals surface area contributed by atoms with Crippen LogP contribution in [-0.4, -0.2) is 9.97 Å². The third-order valence-electron chi connectivity index (χ3n) is 9.11. The van der Waals surface area contributed by atoms with Crippen molar-refractivity contribution in [3.63, 3.8) is 0 Å². The topological polar surface area (TPSA) is 38.9 Å². The maximum Gasteiger partial charge on any atom is 0.160 e. The van der Waals surface area contributed by atoms with Crippen molar-refractivity contribution in [3.05, 3.63) is 182 Å². The molecule has 0 spiro atoms. The predicted molar refractivity (Wildman–Crippen MR) is 202 cm³/mol. The third-order valence-corrected chi connectivity index (χ3v) is 9.11. The lowest BCUT2D eigenvalue weighted by Crippen LogP contribution is -1.96. The molecule has 0 N–H and O–H groups in total. The molecular weight excluding hydrogens is 597 g/mol. The first kappa shape index (κ1) is 28.6. The minimum Gasteiger partial charge on any atom is -0.456 e. The molecule has 2 heterocycles. The lowest BCUT2D eigenvalue weighted by atomic mass is 9.97. The van der Waals surface area contributed by atoms with Crippen molar-refractivity contribution in [1.82, 2.24) is 9.97 Å². The van der Waals surface area contributed by atoms with E-state index in [9.17, 15) is 0 Å². The maximum atomic E-state index is 6.26. The quantitative estimate of drug-likeness (QED) is 0.184. The molecule has 49 heavy (non-hydrogen) atoms. The molecule has 230 valence electrons. The van der Waals surface area contributed by atoms with E-state index < -0.39 is 0 Å². The van der Waals surface area contributed by atoms with Gasteiger partial charge in [0, 0.05) is 27.5 Å². The molecule has 3 nitrogen and oxygen atoms in total. The fourth-order valence-electron chi connectivity index (χ4n) is 6.57. The highest BCUT2D eigenvalue weighted by molar-refractivity contribution is 6.05. The first-order valence-electron chi connectivity index (χ1n) is 16.5. The van der Waals surface area contributed by atoms with Crippen LogP contribution in [-0.2, 0) is 0 Å². The fourth-order valence-corrected chi connectivity index (χ4v) is 6.57. The van der Waals surface area contributed by atoms with Gasteiger partial charge in [-0.3, -0.25) is 0 Å². The predicted octanol–water partition coefficient (Wildman–Crippen LogP) is 12.4. The number of benzene rings is 7. The van der Waals surface area contributed by atoms with Gasteiger partial charge in [0.2, 0.25) is 0 Å². The zero-order valence-corrected chi connectivity index (χ0v) is 26.6. The molecule has 9 aromatic rings. The number of para-hydroxylation sites is 1. The summed E-state index contributed by atoms with van der Waals surface area (Å²) in [5.41, 5.74) is 13.4. The summed E-state index contributed by atoms with van der Waals surface area (Å²) in [5, 5.41) is 2.21. The Labute approximate surface area is 284 Å². The number of hydrogen-bond donors (Lipinski definition) is 0. The van der Waals surface area contributed by atoms with Crippen molar-refractivity contribution >= 4 is 21.9 Å². The summed E-state index contributed by atoms with van der Waals surface area (Å²) >= 11 is 0. The van der Waals surface area contributed by atoms with Crippen LogP contribution in [0.25, 0.3) is 89.2 Å². The fraction of sp³-hybridized carbons (Fsp3) is 0. The Morgan fingerprint density at radius 3 is 1.43 bits per heavy atom. The van der Waals surface area contributed by atoms with E-state index in [1.54, 1.807) is 0 Å². The van der Waals surface area contributed by atoms with Crippen LogP contribution in [0, 0.1) is 0 Å². The largest absolute Gasteiger partial charge is 0.456 e. The number of nitrogens with zero attached hydrogens (tertiary/aromatic N) is 2. The lowest BCUT2D eigenvalue weighted by molar-refractivity contribution is 0.669. The van der Waals surface area contributed by atoms with Gasteiger partial charge in [0.05, 0.1) is 11.4 Å². The van der Waals surface area contributed by atoms with E-state index in [1.165, 1.54) is 16.7 Å². The second-order valence-electron chi connectivity index (χ2n) is 12.2. The van der Waals surface area contributed by atoms with Gasteiger partial charge in [-0.15, -0.1) is 0 Å². The van der Waals surface area contributed by atoms with Crippen LogP contribution in [0.4, 0.5) is 0 Å². The number of fused-ring (bicyclic) bond motifs is 3. The molecule has 9 rings (SSSR count). The van der Waals surface area contributed by atoms with Crippen LogP contribution in [0.2, 0.25) is 0 Å². The second kappa shape index (κ2) is 12.2. The Bertz CT molecular complexity index is 2590. The average molecular weight is 627 g/mol. The summed E-state index contributed by atoms with van der Waals surface area (Å²) in [4.78, 5) is 10.3. The molecular formula is C46H30N2O. The molecule has 0 aliphatic heterocycles. The highest BCUT2D eigenvalue weighted by Crippen LogP contribution is 2.35. The Morgan fingerprint density at radius 1 is 0.286 bits per heavy atom. The molecule has 0 saturated heterocycles. The van der Waals surface area contributed by atoms with Crippen molar-refractivity contribution in [2.45, 2.75) is 0 Å². The number of hydrogen-bond acceptors (Lipinski definition) is 3. The Hall–Kier alpha value is -6.58. The van der Waals surface area contributed by atoms with Gasteiger partial charge >= 0.3 is 0 Å². The molecule has 0 bridgehead atoms. The lowest BCUT2D eigenvalue weighted by Gasteiger charge is -2.11. The van der Waals surface area contributed by atoms with Gasteiger partial charge in [-0.2, -0.15) is 0 Å². The summed E-state index contributed by atoms with van der Waals surface area (Å²) in [6, 6.07) is 63.3. The molecule has 0 atom stereocenters. The van der Waals surface area contributed by atoms with Gasteiger partial charge in [-0.1, -0.05) is 146 Å². The Balaban J connectivity index is 1.14. The summed E-state index contributed by atoms with van der Waals surface area (Å²) < 4.78 is 6.26. The van der Waals surface area contributed by atoms with Crippen molar-refractivity contribution in [3.8, 4) is 67.3 Å². The average Bonchev–Trinajstić information content (AvgIpc) is 3.57. The molecule has 3 heteroatoms. The normalized spacial score (nSPS) is 11.3. The smallest absolute Gasteiger partial charge is 0.160 e. The molecule has 0 radical (unpaired) electrons. The zero-order valence-electron chi connectivity index (χ0n) is 26.6. The van der Waals surface area contributed by atoms with Crippen molar-refractivity contribution < 1.29 is 4.42 Å². The van der Waals surface area contributed by atoms with Crippen LogP contribution in [0.3, 0.4) is 0 Å². The number of aromatic nitrogens is 2. The minimum absolute atomic E-state index is 0.676. The van der Waals surface area contributed by atoms with Gasteiger partial charge in [-0.05, 0) is 69.8 Å². The first-order chi connectivity index (χ1) is 24.2. The second-order valence-corrected chi connectivity index (χ2v) is 12.2. The van der Waals surface area contributed by atoms with E-state index in [2.05, 4.69) is 152 Å². The van der Waals surface area contributed by atoms with E-state index in [1.807, 2.05) is 30.3 Å². The zero-order chi connectivity index (χ0) is 32.6. The molecule has 0 unspecified atom stereocenters. The van der Waals surface area contributed by atoms with Crippen LogP contribution in [0.5, 0.6) is 0 Å². The van der Waals surface area contributed by atoms with Crippen molar-refractivity contribution in [1.29, 1.82) is 0 Å². The van der Waals surface area contributed by atoms with Gasteiger partial charge in [-0.25, -0.2) is 9.97 Å². The van der Waals surface area contributed by atoms with Gasteiger partial charge in [0.25, 0.3) is 0 Å². The van der Waals surface area contributed by atoms with E-state index >= 15 is 0 Å². The van der Waals surface area contributed by atoms with E-state index in [0.717, 1.165) is 66.7 Å². The van der Waals surface area contributed by atoms with Gasteiger partial charge < -0.3 is 4.42 Å². The standard InChI is InChI=1S/C46H30N2O/c1-3-11-31(12-4-1)35-15-9-16-36(27-35)33-21-23-34(24-22-33)42-30-43(38-25-26-41-40-19-7-8-20-44(40)49-45(41)29-38)48-46(47-42)39-18-10-17-37(28-39)32-13-5-2-6-14-32/h1-30H. The summed E-state index contributed by atoms with van der Waals surface area (Å²) in [6.07, 6.45) is 0. The van der Waals surface area contributed by atoms with Crippen molar-refractivity contribution in [2.24, 2.45) is 0 Å². The Kier molecular flexibility index (Phi) is 7.14. The van der Waals surface area contributed by atoms with Crippen LogP contribution in [0.15, 0.2) is 186 Å². The van der Waals surface area contributed by atoms with Gasteiger partial charge in [0.15, 0.2) is 5.82 Å². The summed E-state index contributed by atoms with van der Waals surface area (Å²) in [6.45, 7) is 0.